The number of fused-ring (bicyclic) bond motifs is 1. The van der Waals surface area contributed by atoms with E-state index in [1.807, 2.05) is 4.72 Å². The second kappa shape index (κ2) is 4.63. The van der Waals surface area contributed by atoms with E-state index in [2.05, 4.69) is 10.5 Å². The minimum atomic E-state index is -3.79. The summed E-state index contributed by atoms with van der Waals surface area (Å²) in [5, 5.41) is 19.3. The Morgan fingerprint density at radius 2 is 2.20 bits per heavy atom. The predicted octanol–water partition coefficient (Wildman–Crippen LogP) is -0.654. The average molecular weight is 292 g/mol. The van der Waals surface area contributed by atoms with Crippen molar-refractivity contribution in [3.05, 3.63) is 23.8 Å². The lowest BCUT2D eigenvalue weighted by Gasteiger charge is -2.02. The molecular weight excluding hydrogens is 284 g/mol. The van der Waals surface area contributed by atoms with Crippen LogP contribution in [0.15, 0.2) is 28.2 Å². The Hall–Kier alpha value is -2.93. The van der Waals surface area contributed by atoms with Crippen LogP contribution in [-0.4, -0.2) is 25.9 Å². The van der Waals surface area contributed by atoms with E-state index >= 15 is 0 Å². The maximum atomic E-state index is 11.5. The number of hydrogen-bond acceptors (Lipinski definition) is 7. The summed E-state index contributed by atoms with van der Waals surface area (Å²) in [6.07, 6.45) is 0. The van der Waals surface area contributed by atoms with Crippen LogP contribution in [0.4, 0.5) is 5.69 Å². The molecule has 0 saturated carbocycles. The van der Waals surface area contributed by atoms with E-state index in [4.69, 9.17) is 16.4 Å². The first-order valence-corrected chi connectivity index (χ1v) is 6.63. The van der Waals surface area contributed by atoms with E-state index in [-0.39, 0.29) is 21.9 Å². The zero-order valence-electron chi connectivity index (χ0n) is 9.84. The molecule has 0 radical (unpaired) electrons. The number of amidine groups is 1. The Labute approximate surface area is 113 Å². The van der Waals surface area contributed by atoms with Crippen molar-refractivity contribution in [2.75, 3.05) is 5.43 Å². The van der Waals surface area contributed by atoms with Crippen molar-refractivity contribution in [1.82, 2.24) is 4.72 Å². The second-order valence-electron chi connectivity index (χ2n) is 3.74. The Morgan fingerprint density at radius 1 is 1.50 bits per heavy atom. The van der Waals surface area contributed by atoms with Gasteiger partial charge in [0.15, 0.2) is 5.84 Å². The molecule has 1 aromatic carbocycles. The number of nitrogens with one attached hydrogen (secondary N) is 3. The highest BCUT2D eigenvalue weighted by Crippen LogP contribution is 2.25. The topological polar surface area (TPSA) is 161 Å². The summed E-state index contributed by atoms with van der Waals surface area (Å²) in [6.45, 7) is 0. The molecule has 1 heterocycles. The maximum Gasteiger partial charge on any atom is 0.266 e. The number of nitrogens with zero attached hydrogens (tertiary/aromatic N) is 2. The standard InChI is InChI=1S/C10H8N6O3S/c11-4-7(9(12)13)15-14-5-1-2-8-6(3-5)10(17)16-20(8,18)19/h1-3,14H,(H3,12,13)(H,16,17)/b15-7+. The van der Waals surface area contributed by atoms with Gasteiger partial charge in [-0.15, -0.1) is 0 Å². The van der Waals surface area contributed by atoms with Gasteiger partial charge >= 0.3 is 0 Å². The highest BCUT2D eigenvalue weighted by molar-refractivity contribution is 7.90. The molecule has 1 aliphatic heterocycles. The van der Waals surface area contributed by atoms with Gasteiger partial charge < -0.3 is 5.73 Å². The summed E-state index contributed by atoms with van der Waals surface area (Å²) in [7, 11) is -3.79. The van der Waals surface area contributed by atoms with E-state index in [0.717, 1.165) is 0 Å². The summed E-state index contributed by atoms with van der Waals surface area (Å²) in [4.78, 5) is 11.4. The number of carbonyl (C=O) groups is 1. The molecular formula is C10H8N6O3S. The molecule has 10 heteroatoms. The fourth-order valence-electron chi connectivity index (χ4n) is 1.51. The van der Waals surface area contributed by atoms with Crippen LogP contribution in [0.25, 0.3) is 0 Å². The van der Waals surface area contributed by atoms with Crippen molar-refractivity contribution in [1.29, 1.82) is 10.7 Å². The monoisotopic (exact) mass is 292 g/mol. The first-order chi connectivity index (χ1) is 9.35. The van der Waals surface area contributed by atoms with Crippen molar-refractivity contribution in [2.24, 2.45) is 10.8 Å². The fourth-order valence-corrected chi connectivity index (χ4v) is 2.66. The van der Waals surface area contributed by atoms with Gasteiger partial charge in [0.2, 0.25) is 5.71 Å². The number of nitrogens with two attached hydrogens (primary N) is 1. The molecule has 0 unspecified atom stereocenters. The van der Waals surface area contributed by atoms with Crippen LogP contribution >= 0.6 is 0 Å². The van der Waals surface area contributed by atoms with Crippen LogP contribution in [0.5, 0.6) is 0 Å². The Kier molecular flexibility index (Phi) is 3.13. The van der Waals surface area contributed by atoms with Crippen molar-refractivity contribution < 1.29 is 13.2 Å². The number of benzene rings is 1. The van der Waals surface area contributed by atoms with Crippen LogP contribution < -0.4 is 15.9 Å². The van der Waals surface area contributed by atoms with E-state index < -0.39 is 21.8 Å². The normalized spacial score (nSPS) is 15.9. The Bertz CT molecular complexity index is 790. The van der Waals surface area contributed by atoms with Crippen LogP contribution in [0.1, 0.15) is 10.4 Å². The third-order valence-corrected chi connectivity index (χ3v) is 3.79. The summed E-state index contributed by atoms with van der Waals surface area (Å²) >= 11 is 0. The van der Waals surface area contributed by atoms with Crippen molar-refractivity contribution >= 4 is 33.2 Å². The van der Waals surface area contributed by atoms with Crippen LogP contribution in [0, 0.1) is 16.7 Å². The van der Waals surface area contributed by atoms with E-state index in [1.165, 1.54) is 18.2 Å². The molecule has 1 aliphatic rings. The molecule has 1 amide bonds. The molecule has 0 atom stereocenters. The minimum absolute atomic E-state index is 0.0217. The summed E-state index contributed by atoms with van der Waals surface area (Å²) < 4.78 is 24.9. The molecule has 2 rings (SSSR count). The highest BCUT2D eigenvalue weighted by atomic mass is 32.2. The van der Waals surface area contributed by atoms with Crippen molar-refractivity contribution in [3.63, 3.8) is 0 Å². The fraction of sp³-hybridized carbons (Fsp3) is 0. The third kappa shape index (κ3) is 2.29. The molecule has 0 bridgehead atoms. The molecule has 0 saturated heterocycles. The average Bonchev–Trinajstić information content (AvgIpc) is 2.60. The zero-order valence-corrected chi connectivity index (χ0v) is 10.7. The lowest BCUT2D eigenvalue weighted by molar-refractivity contribution is 0.0985. The first-order valence-electron chi connectivity index (χ1n) is 5.14. The number of amides is 1. The molecule has 0 spiro atoms. The SMILES string of the molecule is N#C/C(=N\Nc1ccc2c(c1)C(=O)NS2(=O)=O)C(=N)N. The van der Waals surface area contributed by atoms with Crippen LogP contribution in [0.3, 0.4) is 0 Å². The smallest absolute Gasteiger partial charge is 0.266 e. The van der Waals surface area contributed by atoms with Gasteiger partial charge in [0.05, 0.1) is 11.3 Å². The number of rotatable bonds is 3. The molecule has 102 valence electrons. The second-order valence-corrected chi connectivity index (χ2v) is 5.39. The van der Waals surface area contributed by atoms with Gasteiger partial charge in [0.1, 0.15) is 11.0 Å². The summed E-state index contributed by atoms with van der Waals surface area (Å²) in [6, 6.07) is 5.49. The molecule has 0 fully saturated rings. The maximum absolute atomic E-state index is 11.5. The van der Waals surface area contributed by atoms with Gasteiger partial charge in [-0.2, -0.15) is 10.4 Å². The number of hydrogen-bond donors (Lipinski definition) is 4. The number of anilines is 1. The number of nitriles is 1. The number of sulfonamides is 1. The highest BCUT2D eigenvalue weighted by Gasteiger charge is 2.32. The van der Waals surface area contributed by atoms with E-state index in [9.17, 15) is 13.2 Å². The summed E-state index contributed by atoms with van der Waals surface area (Å²) in [5.74, 6) is -1.25. The van der Waals surface area contributed by atoms with E-state index in [1.54, 1.807) is 6.07 Å². The lowest BCUT2D eigenvalue weighted by Crippen LogP contribution is -2.21. The molecule has 1 aromatic rings. The van der Waals surface area contributed by atoms with Crippen molar-refractivity contribution in [2.45, 2.75) is 4.90 Å². The molecule has 20 heavy (non-hydrogen) atoms. The van der Waals surface area contributed by atoms with Gasteiger partial charge in [-0.25, -0.2) is 13.1 Å². The lowest BCUT2D eigenvalue weighted by atomic mass is 10.2. The molecule has 5 N–H and O–H groups in total. The van der Waals surface area contributed by atoms with E-state index in [0.29, 0.717) is 0 Å². The van der Waals surface area contributed by atoms with Crippen molar-refractivity contribution in [3.8, 4) is 6.07 Å². The quantitative estimate of drug-likeness (QED) is 0.328. The van der Waals surface area contributed by atoms with Crippen LogP contribution in [0.2, 0.25) is 0 Å². The molecule has 9 nitrogen and oxygen atoms in total. The number of carbonyl (C=O) groups excluding carboxylic acids is 1. The van der Waals surface area contributed by atoms with Crippen LogP contribution in [-0.2, 0) is 10.0 Å². The minimum Gasteiger partial charge on any atom is -0.382 e. The van der Waals surface area contributed by atoms with Gasteiger partial charge in [-0.05, 0) is 18.2 Å². The van der Waals surface area contributed by atoms with Gasteiger partial charge in [-0.1, -0.05) is 0 Å². The largest absolute Gasteiger partial charge is 0.382 e. The first kappa shape index (κ1) is 13.5. The van der Waals surface area contributed by atoms with Gasteiger partial charge in [-0.3, -0.25) is 15.6 Å². The van der Waals surface area contributed by atoms with Gasteiger partial charge in [0, 0.05) is 0 Å². The Morgan fingerprint density at radius 3 is 2.80 bits per heavy atom. The summed E-state index contributed by atoms with van der Waals surface area (Å²) in [5.41, 5.74) is 7.46. The Balaban J connectivity index is 2.35. The predicted molar refractivity (Wildman–Crippen MR) is 69.7 cm³/mol. The third-order valence-electron chi connectivity index (χ3n) is 2.40. The molecule has 0 aliphatic carbocycles. The molecule has 0 aromatic heterocycles. The number of hydrazone groups is 1. The zero-order chi connectivity index (χ0) is 14.9. The van der Waals surface area contributed by atoms with Gasteiger partial charge in [0.25, 0.3) is 15.9 Å².